The summed E-state index contributed by atoms with van der Waals surface area (Å²) in [5, 5.41) is 3.16. The third-order valence-electron chi connectivity index (χ3n) is 2.65. The average Bonchev–Trinajstić information content (AvgIpc) is 2.39. The zero-order valence-corrected chi connectivity index (χ0v) is 10.7. The smallest absolute Gasteiger partial charge is 0.410 e. The minimum Gasteiger partial charge on any atom is -0.445 e. The van der Waals surface area contributed by atoms with Crippen molar-refractivity contribution in [2.75, 3.05) is 26.2 Å². The number of halogens is 2. The van der Waals surface area contributed by atoms with E-state index in [-0.39, 0.29) is 30.9 Å². The molecule has 1 aliphatic heterocycles. The lowest BCUT2D eigenvalue weighted by Crippen LogP contribution is -2.46. The molecule has 0 saturated carbocycles. The van der Waals surface area contributed by atoms with Crippen LogP contribution >= 0.6 is 12.4 Å². The quantitative estimate of drug-likeness (QED) is 0.894. The SMILES string of the molecule is Cl.O=C(OCc1ccc(F)cc1)N1CCNCC1. The Kier molecular flexibility index (Phi) is 5.88. The standard InChI is InChI=1S/C12H15FN2O2.ClH/c13-11-3-1-10(2-4-11)9-17-12(16)15-7-5-14-6-8-15;/h1-4,14H,5-9H2;1H. The zero-order chi connectivity index (χ0) is 12.1. The largest absolute Gasteiger partial charge is 0.445 e. The lowest BCUT2D eigenvalue weighted by Gasteiger charge is -2.26. The summed E-state index contributed by atoms with van der Waals surface area (Å²) in [4.78, 5) is 13.3. The molecule has 1 aromatic rings. The lowest BCUT2D eigenvalue weighted by molar-refractivity contribution is 0.0918. The fraction of sp³-hybridized carbons (Fsp3) is 0.417. The molecule has 1 heterocycles. The second kappa shape index (κ2) is 7.18. The Morgan fingerprint density at radius 2 is 1.89 bits per heavy atom. The first-order valence-electron chi connectivity index (χ1n) is 5.62. The van der Waals surface area contributed by atoms with Gasteiger partial charge < -0.3 is 15.0 Å². The molecule has 100 valence electrons. The van der Waals surface area contributed by atoms with Gasteiger partial charge in [0.15, 0.2) is 0 Å². The number of hydrogen-bond acceptors (Lipinski definition) is 3. The predicted molar refractivity (Wildman–Crippen MR) is 68.3 cm³/mol. The van der Waals surface area contributed by atoms with Crippen LogP contribution in [0.15, 0.2) is 24.3 Å². The summed E-state index contributed by atoms with van der Waals surface area (Å²) in [5.41, 5.74) is 0.787. The number of ether oxygens (including phenoxy) is 1. The first-order chi connectivity index (χ1) is 8.25. The summed E-state index contributed by atoms with van der Waals surface area (Å²) in [5.74, 6) is -0.290. The molecule has 0 unspecified atom stereocenters. The van der Waals surface area contributed by atoms with Crippen molar-refractivity contribution < 1.29 is 13.9 Å². The number of amides is 1. The Morgan fingerprint density at radius 1 is 1.28 bits per heavy atom. The molecule has 4 nitrogen and oxygen atoms in total. The average molecular weight is 275 g/mol. The van der Waals surface area contributed by atoms with Crippen LogP contribution in [0.5, 0.6) is 0 Å². The van der Waals surface area contributed by atoms with E-state index in [4.69, 9.17) is 4.74 Å². The van der Waals surface area contributed by atoms with Gasteiger partial charge in [-0.25, -0.2) is 9.18 Å². The van der Waals surface area contributed by atoms with Gasteiger partial charge in [-0.3, -0.25) is 0 Å². The summed E-state index contributed by atoms with van der Waals surface area (Å²) < 4.78 is 17.8. The Labute approximate surface area is 112 Å². The Balaban J connectivity index is 0.00000162. The number of hydrogen-bond donors (Lipinski definition) is 1. The molecule has 0 spiro atoms. The molecule has 0 aliphatic carbocycles. The van der Waals surface area contributed by atoms with Gasteiger partial charge in [-0.2, -0.15) is 0 Å². The van der Waals surface area contributed by atoms with Crippen LogP contribution in [0.3, 0.4) is 0 Å². The lowest BCUT2D eigenvalue weighted by atomic mass is 10.2. The van der Waals surface area contributed by atoms with Crippen LogP contribution in [-0.4, -0.2) is 37.2 Å². The van der Waals surface area contributed by atoms with E-state index in [2.05, 4.69) is 5.32 Å². The van der Waals surface area contributed by atoms with Gasteiger partial charge in [0.1, 0.15) is 12.4 Å². The predicted octanol–water partition coefficient (Wildman–Crippen LogP) is 1.79. The van der Waals surface area contributed by atoms with Crippen LogP contribution in [0.4, 0.5) is 9.18 Å². The van der Waals surface area contributed by atoms with Crippen molar-refractivity contribution in [3.63, 3.8) is 0 Å². The van der Waals surface area contributed by atoms with Crippen molar-refractivity contribution in [2.24, 2.45) is 0 Å². The number of nitrogens with one attached hydrogen (secondary N) is 1. The van der Waals surface area contributed by atoms with Gasteiger partial charge in [0.25, 0.3) is 0 Å². The van der Waals surface area contributed by atoms with Crippen molar-refractivity contribution in [3.05, 3.63) is 35.6 Å². The highest BCUT2D eigenvalue weighted by Gasteiger charge is 2.17. The van der Waals surface area contributed by atoms with Gasteiger partial charge in [-0.15, -0.1) is 12.4 Å². The zero-order valence-electron chi connectivity index (χ0n) is 9.89. The third-order valence-corrected chi connectivity index (χ3v) is 2.65. The fourth-order valence-corrected chi connectivity index (χ4v) is 1.66. The maximum absolute atomic E-state index is 12.7. The molecule has 6 heteroatoms. The minimum absolute atomic E-state index is 0. The van der Waals surface area contributed by atoms with E-state index < -0.39 is 0 Å². The Morgan fingerprint density at radius 3 is 2.50 bits per heavy atom. The normalized spacial score (nSPS) is 14.8. The third kappa shape index (κ3) is 4.16. The summed E-state index contributed by atoms with van der Waals surface area (Å²) in [6.45, 7) is 3.12. The molecule has 2 rings (SSSR count). The van der Waals surface area contributed by atoms with Gasteiger partial charge >= 0.3 is 6.09 Å². The molecular weight excluding hydrogens is 259 g/mol. The molecule has 0 radical (unpaired) electrons. The molecule has 1 fully saturated rings. The highest BCUT2D eigenvalue weighted by molar-refractivity contribution is 5.85. The highest BCUT2D eigenvalue weighted by Crippen LogP contribution is 2.06. The van der Waals surface area contributed by atoms with Crippen molar-refractivity contribution in [3.8, 4) is 0 Å². The van der Waals surface area contributed by atoms with E-state index in [1.165, 1.54) is 12.1 Å². The van der Waals surface area contributed by atoms with E-state index in [0.717, 1.165) is 18.7 Å². The molecule has 1 amide bonds. The van der Waals surface area contributed by atoms with Crippen LogP contribution in [0.1, 0.15) is 5.56 Å². The van der Waals surface area contributed by atoms with Crippen LogP contribution in [0, 0.1) is 5.82 Å². The number of nitrogens with zero attached hydrogens (tertiary/aromatic N) is 1. The molecule has 0 aromatic heterocycles. The number of rotatable bonds is 2. The van der Waals surface area contributed by atoms with Crippen LogP contribution in [0.2, 0.25) is 0 Å². The molecule has 1 saturated heterocycles. The first kappa shape index (κ1) is 14.7. The summed E-state index contributed by atoms with van der Waals surface area (Å²) in [6, 6.07) is 5.93. The van der Waals surface area contributed by atoms with Gasteiger partial charge in [-0.1, -0.05) is 12.1 Å². The van der Waals surface area contributed by atoms with Gasteiger partial charge in [0, 0.05) is 26.2 Å². The number of carbonyl (C=O) groups is 1. The van der Waals surface area contributed by atoms with Crippen LogP contribution in [0.25, 0.3) is 0 Å². The monoisotopic (exact) mass is 274 g/mol. The second-order valence-electron chi connectivity index (χ2n) is 3.92. The van der Waals surface area contributed by atoms with Crippen molar-refractivity contribution in [2.45, 2.75) is 6.61 Å². The summed E-state index contributed by atoms with van der Waals surface area (Å²) >= 11 is 0. The summed E-state index contributed by atoms with van der Waals surface area (Å²) in [6.07, 6.45) is -0.309. The fourth-order valence-electron chi connectivity index (χ4n) is 1.66. The van der Waals surface area contributed by atoms with Gasteiger partial charge in [0.05, 0.1) is 0 Å². The van der Waals surface area contributed by atoms with E-state index in [9.17, 15) is 9.18 Å². The molecule has 1 aliphatic rings. The topological polar surface area (TPSA) is 41.6 Å². The number of piperazine rings is 1. The molecule has 0 bridgehead atoms. The molecule has 1 aromatic carbocycles. The summed E-state index contributed by atoms with van der Waals surface area (Å²) in [7, 11) is 0. The van der Waals surface area contributed by atoms with Crippen molar-refractivity contribution >= 4 is 18.5 Å². The van der Waals surface area contributed by atoms with Gasteiger partial charge in [-0.05, 0) is 17.7 Å². The Bertz CT molecular complexity index is 380. The molecular formula is C12H16ClFN2O2. The van der Waals surface area contributed by atoms with Crippen molar-refractivity contribution in [1.82, 2.24) is 10.2 Å². The van der Waals surface area contributed by atoms with E-state index >= 15 is 0 Å². The van der Waals surface area contributed by atoms with Crippen LogP contribution < -0.4 is 5.32 Å². The second-order valence-corrected chi connectivity index (χ2v) is 3.92. The van der Waals surface area contributed by atoms with Crippen molar-refractivity contribution in [1.29, 1.82) is 0 Å². The minimum atomic E-state index is -0.309. The number of benzene rings is 1. The molecule has 18 heavy (non-hydrogen) atoms. The first-order valence-corrected chi connectivity index (χ1v) is 5.62. The molecule has 0 atom stereocenters. The van der Waals surface area contributed by atoms with Gasteiger partial charge in [0.2, 0.25) is 0 Å². The van der Waals surface area contributed by atoms with E-state index in [0.29, 0.717) is 13.1 Å². The Hall–Kier alpha value is -1.33. The van der Waals surface area contributed by atoms with Crippen LogP contribution in [-0.2, 0) is 11.3 Å². The van der Waals surface area contributed by atoms with E-state index in [1.807, 2.05) is 0 Å². The molecule has 1 N–H and O–H groups in total. The maximum atomic E-state index is 12.7. The highest BCUT2D eigenvalue weighted by atomic mass is 35.5. The van der Waals surface area contributed by atoms with E-state index in [1.54, 1.807) is 17.0 Å². The number of carbonyl (C=O) groups excluding carboxylic acids is 1. The maximum Gasteiger partial charge on any atom is 0.410 e.